The Morgan fingerprint density at radius 3 is 2.68 bits per heavy atom. The minimum Gasteiger partial charge on any atom is -0.330 e. The Kier molecular flexibility index (Phi) is 5.20. The number of aryl methyl sites for hydroxylation is 1. The molecule has 0 aliphatic heterocycles. The van der Waals surface area contributed by atoms with Crippen molar-refractivity contribution in [2.45, 2.75) is 37.5 Å². The van der Waals surface area contributed by atoms with Crippen LogP contribution in [0, 0.1) is 11.8 Å². The normalized spacial score (nSPS) is 21.8. The summed E-state index contributed by atoms with van der Waals surface area (Å²) in [7, 11) is -3.81. The second kappa shape index (κ2) is 6.76. The highest BCUT2D eigenvalue weighted by molar-refractivity contribution is 7.89. The van der Waals surface area contributed by atoms with Gasteiger partial charge in [0.1, 0.15) is 0 Å². The molecule has 5 N–H and O–H groups in total. The number of hydrogen-bond donors (Lipinski definition) is 3. The first-order valence-electron chi connectivity index (χ1n) is 7.53. The summed E-state index contributed by atoms with van der Waals surface area (Å²) in [5.74, 6) is -0.000945. The fourth-order valence-electron chi connectivity index (χ4n) is 3.09. The van der Waals surface area contributed by atoms with Crippen LogP contribution in [0.4, 0.5) is 5.69 Å². The molecule has 1 aromatic carbocycles. The number of rotatable bonds is 5. The van der Waals surface area contributed by atoms with E-state index in [0.29, 0.717) is 24.2 Å². The summed E-state index contributed by atoms with van der Waals surface area (Å²) in [5, 5.41) is 8.04. The second-order valence-electron chi connectivity index (χ2n) is 5.74. The highest BCUT2D eigenvalue weighted by Crippen LogP contribution is 2.32. The number of anilines is 1. The van der Waals surface area contributed by atoms with E-state index >= 15 is 0 Å². The van der Waals surface area contributed by atoms with Crippen LogP contribution in [0.1, 0.15) is 31.7 Å². The number of amides is 1. The lowest BCUT2D eigenvalue weighted by atomic mass is 9.95. The van der Waals surface area contributed by atoms with Gasteiger partial charge in [0, 0.05) is 11.6 Å². The molecule has 0 bridgehead atoms. The zero-order valence-electron chi connectivity index (χ0n) is 12.7. The molecule has 2 atom stereocenters. The van der Waals surface area contributed by atoms with Gasteiger partial charge in [0.2, 0.25) is 15.9 Å². The molecule has 1 saturated carbocycles. The minimum absolute atomic E-state index is 0.0644. The van der Waals surface area contributed by atoms with Crippen molar-refractivity contribution in [2.75, 3.05) is 11.9 Å². The van der Waals surface area contributed by atoms with Crippen LogP contribution < -0.4 is 16.2 Å². The van der Waals surface area contributed by atoms with Gasteiger partial charge in [0.15, 0.2) is 0 Å². The van der Waals surface area contributed by atoms with Crippen LogP contribution >= 0.6 is 0 Å². The Bertz CT molecular complexity index is 658. The Morgan fingerprint density at radius 2 is 2.09 bits per heavy atom. The van der Waals surface area contributed by atoms with Crippen molar-refractivity contribution in [2.24, 2.45) is 22.7 Å². The standard InChI is InChI=1S/C15H23N3O3S/c1-2-10-6-7-12(8-14(10)22(17,20)21)18-15(19)13-5-3-4-11(13)9-16/h6-8,11,13H,2-5,9,16H2,1H3,(H,18,19)(H2,17,20,21)/t11-,13-/m1/s1. The molecule has 0 radical (unpaired) electrons. The zero-order chi connectivity index (χ0) is 16.3. The van der Waals surface area contributed by atoms with E-state index in [0.717, 1.165) is 19.3 Å². The molecular weight excluding hydrogens is 302 g/mol. The van der Waals surface area contributed by atoms with Crippen LogP contribution in [0.25, 0.3) is 0 Å². The van der Waals surface area contributed by atoms with Crippen LogP contribution in [0.15, 0.2) is 23.1 Å². The van der Waals surface area contributed by atoms with Crippen LogP contribution in [-0.2, 0) is 21.2 Å². The van der Waals surface area contributed by atoms with E-state index in [1.54, 1.807) is 12.1 Å². The predicted octanol–water partition coefficient (Wildman–Crippen LogP) is 1.21. The quantitative estimate of drug-likeness (QED) is 0.754. The molecule has 1 amide bonds. The highest BCUT2D eigenvalue weighted by atomic mass is 32.2. The van der Waals surface area contributed by atoms with E-state index in [4.69, 9.17) is 10.9 Å². The molecule has 22 heavy (non-hydrogen) atoms. The van der Waals surface area contributed by atoms with E-state index in [2.05, 4.69) is 5.32 Å². The summed E-state index contributed by atoms with van der Waals surface area (Å²) in [6.45, 7) is 2.35. The third-order valence-electron chi connectivity index (χ3n) is 4.32. The largest absolute Gasteiger partial charge is 0.330 e. The Morgan fingerprint density at radius 1 is 1.36 bits per heavy atom. The molecule has 0 aromatic heterocycles. The van der Waals surface area contributed by atoms with Gasteiger partial charge in [-0.15, -0.1) is 0 Å². The first-order chi connectivity index (χ1) is 10.4. The maximum atomic E-state index is 12.4. The molecule has 122 valence electrons. The van der Waals surface area contributed by atoms with E-state index in [1.165, 1.54) is 6.07 Å². The van der Waals surface area contributed by atoms with Crippen molar-refractivity contribution in [3.63, 3.8) is 0 Å². The van der Waals surface area contributed by atoms with Gasteiger partial charge >= 0.3 is 0 Å². The van der Waals surface area contributed by atoms with Crippen molar-refractivity contribution < 1.29 is 13.2 Å². The molecule has 1 fully saturated rings. The van der Waals surface area contributed by atoms with E-state index < -0.39 is 10.0 Å². The molecular formula is C15H23N3O3S. The third-order valence-corrected chi connectivity index (χ3v) is 5.31. The van der Waals surface area contributed by atoms with Crippen LogP contribution in [0.5, 0.6) is 0 Å². The summed E-state index contributed by atoms with van der Waals surface area (Å²) in [6, 6.07) is 4.82. The summed E-state index contributed by atoms with van der Waals surface area (Å²) in [5.41, 5.74) is 6.79. The molecule has 0 unspecified atom stereocenters. The topological polar surface area (TPSA) is 115 Å². The lowest BCUT2D eigenvalue weighted by molar-refractivity contribution is -0.120. The summed E-state index contributed by atoms with van der Waals surface area (Å²) in [4.78, 5) is 12.4. The van der Waals surface area contributed by atoms with Crippen molar-refractivity contribution in [1.82, 2.24) is 0 Å². The van der Waals surface area contributed by atoms with Crippen LogP contribution in [0.2, 0.25) is 0 Å². The molecule has 0 saturated heterocycles. The first kappa shape index (κ1) is 16.9. The van der Waals surface area contributed by atoms with Crippen molar-refractivity contribution in [1.29, 1.82) is 0 Å². The van der Waals surface area contributed by atoms with Gasteiger partial charge in [-0.3, -0.25) is 4.79 Å². The smallest absolute Gasteiger partial charge is 0.238 e. The zero-order valence-corrected chi connectivity index (χ0v) is 13.5. The van der Waals surface area contributed by atoms with Crippen molar-refractivity contribution in [3.8, 4) is 0 Å². The number of sulfonamides is 1. The van der Waals surface area contributed by atoms with Gasteiger partial charge in [-0.1, -0.05) is 19.4 Å². The van der Waals surface area contributed by atoms with E-state index in [9.17, 15) is 13.2 Å². The Hall–Kier alpha value is -1.44. The number of carbonyl (C=O) groups is 1. The lowest BCUT2D eigenvalue weighted by Gasteiger charge is -2.18. The van der Waals surface area contributed by atoms with Crippen LogP contribution in [0.3, 0.4) is 0 Å². The number of benzene rings is 1. The molecule has 0 heterocycles. The number of carbonyl (C=O) groups excluding carboxylic acids is 1. The third kappa shape index (κ3) is 3.66. The van der Waals surface area contributed by atoms with Crippen molar-refractivity contribution >= 4 is 21.6 Å². The number of primary sulfonamides is 1. The first-order valence-corrected chi connectivity index (χ1v) is 9.08. The Balaban J connectivity index is 2.21. The van der Waals surface area contributed by atoms with Gasteiger partial charge < -0.3 is 11.1 Å². The molecule has 1 aromatic rings. The van der Waals surface area contributed by atoms with Crippen LogP contribution in [-0.4, -0.2) is 20.9 Å². The molecule has 1 aliphatic rings. The second-order valence-corrected chi connectivity index (χ2v) is 7.27. The van der Waals surface area contributed by atoms with Gasteiger partial charge in [0.25, 0.3) is 0 Å². The highest BCUT2D eigenvalue weighted by Gasteiger charge is 2.32. The van der Waals surface area contributed by atoms with Gasteiger partial charge in [0.05, 0.1) is 4.90 Å². The summed E-state index contributed by atoms with van der Waals surface area (Å²) >= 11 is 0. The Labute approximate surface area is 131 Å². The monoisotopic (exact) mass is 325 g/mol. The average Bonchev–Trinajstić information content (AvgIpc) is 2.94. The van der Waals surface area contributed by atoms with Crippen molar-refractivity contribution in [3.05, 3.63) is 23.8 Å². The van der Waals surface area contributed by atoms with E-state index in [-0.39, 0.29) is 22.6 Å². The average molecular weight is 325 g/mol. The minimum atomic E-state index is -3.81. The fourth-order valence-corrected chi connectivity index (χ4v) is 3.96. The van der Waals surface area contributed by atoms with Gasteiger partial charge in [-0.05, 0) is 49.4 Å². The lowest BCUT2D eigenvalue weighted by Crippen LogP contribution is -2.29. The van der Waals surface area contributed by atoms with E-state index in [1.807, 2.05) is 6.92 Å². The maximum absolute atomic E-state index is 12.4. The maximum Gasteiger partial charge on any atom is 0.238 e. The SMILES string of the molecule is CCc1ccc(NC(=O)[C@@H]2CCC[C@@H]2CN)cc1S(N)(=O)=O. The molecule has 6 nitrogen and oxygen atoms in total. The molecule has 1 aliphatic carbocycles. The summed E-state index contributed by atoms with van der Waals surface area (Å²) < 4.78 is 23.3. The molecule has 0 spiro atoms. The predicted molar refractivity (Wildman–Crippen MR) is 85.7 cm³/mol. The fraction of sp³-hybridized carbons (Fsp3) is 0.533. The molecule has 2 rings (SSSR count). The van der Waals surface area contributed by atoms with Gasteiger partial charge in [-0.25, -0.2) is 13.6 Å². The van der Waals surface area contributed by atoms with Gasteiger partial charge in [-0.2, -0.15) is 0 Å². The number of nitrogens with two attached hydrogens (primary N) is 2. The summed E-state index contributed by atoms with van der Waals surface area (Å²) in [6.07, 6.45) is 3.34. The number of nitrogens with one attached hydrogen (secondary N) is 1. The number of hydrogen-bond acceptors (Lipinski definition) is 4. The molecule has 7 heteroatoms.